The lowest BCUT2D eigenvalue weighted by Gasteiger charge is -2.08. The van der Waals surface area contributed by atoms with Gasteiger partial charge in [0, 0.05) is 24.4 Å². The van der Waals surface area contributed by atoms with Crippen molar-refractivity contribution in [2.24, 2.45) is 0 Å². The third-order valence-electron chi connectivity index (χ3n) is 3.96. The molecular weight excluding hydrogens is 386 g/mol. The number of halogens is 1. The summed E-state index contributed by atoms with van der Waals surface area (Å²) in [5, 5.41) is 3.01. The summed E-state index contributed by atoms with van der Waals surface area (Å²) in [7, 11) is 0. The Bertz CT molecular complexity index is 840. The van der Waals surface area contributed by atoms with Crippen molar-refractivity contribution in [3.8, 4) is 0 Å². The number of carbonyl (C=O) groups is 1. The van der Waals surface area contributed by atoms with Crippen LogP contribution in [0.5, 0.6) is 0 Å². The van der Waals surface area contributed by atoms with Gasteiger partial charge in [-0.1, -0.05) is 12.1 Å². The van der Waals surface area contributed by atoms with Gasteiger partial charge in [0.15, 0.2) is 0 Å². The number of nitrogens with one attached hydrogen (secondary N) is 1. The maximum absolute atomic E-state index is 12.0. The zero-order valence-corrected chi connectivity index (χ0v) is 16.0. The Labute approximate surface area is 154 Å². The highest BCUT2D eigenvalue weighted by atomic mass is 79.9. The van der Waals surface area contributed by atoms with Crippen LogP contribution in [0.3, 0.4) is 0 Å². The number of hydrogen-bond donors (Lipinski definition) is 1. The van der Waals surface area contributed by atoms with E-state index in [1.807, 2.05) is 25.1 Å². The molecule has 3 aromatic rings. The first-order chi connectivity index (χ1) is 11.6. The molecule has 0 spiro atoms. The van der Waals surface area contributed by atoms with Crippen molar-refractivity contribution in [2.45, 2.75) is 32.7 Å². The number of hydrogen-bond acceptors (Lipinski definition) is 3. The Kier molecular flexibility index (Phi) is 5.68. The zero-order chi connectivity index (χ0) is 16.9. The van der Waals surface area contributed by atoms with Gasteiger partial charge in [-0.2, -0.15) is 0 Å². The number of imidazole rings is 1. The molecule has 0 atom stereocenters. The number of aryl methyl sites for hydroxylation is 2. The Morgan fingerprint density at radius 1 is 1.29 bits per heavy atom. The Hall–Kier alpha value is -1.66. The number of amides is 1. The second-order valence-corrected chi connectivity index (χ2v) is 8.26. The van der Waals surface area contributed by atoms with Crippen LogP contribution in [0.1, 0.15) is 23.5 Å². The predicted octanol–water partition coefficient (Wildman–Crippen LogP) is 4.31. The summed E-state index contributed by atoms with van der Waals surface area (Å²) in [6.45, 7) is 3.38. The van der Waals surface area contributed by atoms with Crippen LogP contribution in [-0.2, 0) is 17.8 Å². The summed E-state index contributed by atoms with van der Waals surface area (Å²) in [6, 6.07) is 12.3. The van der Waals surface area contributed by atoms with Crippen LogP contribution in [0.25, 0.3) is 11.0 Å². The van der Waals surface area contributed by atoms with Gasteiger partial charge in [-0.3, -0.25) is 4.79 Å². The lowest BCUT2D eigenvalue weighted by atomic mass is 10.2. The molecule has 0 saturated carbocycles. The van der Waals surface area contributed by atoms with Crippen molar-refractivity contribution >= 4 is 44.2 Å². The molecule has 3 rings (SSSR count). The first-order valence-corrected chi connectivity index (χ1v) is 9.67. The number of para-hydroxylation sites is 2. The Morgan fingerprint density at radius 2 is 2.12 bits per heavy atom. The molecule has 1 aromatic carbocycles. The molecule has 2 heterocycles. The number of fused-ring (bicyclic) bond motifs is 1. The van der Waals surface area contributed by atoms with Gasteiger partial charge in [0.2, 0.25) is 5.91 Å². The largest absolute Gasteiger partial charge is 0.354 e. The molecule has 0 radical (unpaired) electrons. The van der Waals surface area contributed by atoms with Gasteiger partial charge in [0.25, 0.3) is 0 Å². The quantitative estimate of drug-likeness (QED) is 0.636. The first-order valence-electron chi connectivity index (χ1n) is 8.06. The van der Waals surface area contributed by atoms with Gasteiger partial charge in [-0.15, -0.1) is 11.3 Å². The molecule has 6 heteroatoms. The van der Waals surface area contributed by atoms with Crippen LogP contribution in [-0.4, -0.2) is 22.0 Å². The minimum absolute atomic E-state index is 0.118. The summed E-state index contributed by atoms with van der Waals surface area (Å²) in [5.74, 6) is 1.10. The fourth-order valence-electron chi connectivity index (χ4n) is 2.78. The third-order valence-corrected chi connectivity index (χ3v) is 5.64. The van der Waals surface area contributed by atoms with Gasteiger partial charge in [-0.05, 0) is 60.0 Å². The van der Waals surface area contributed by atoms with E-state index >= 15 is 0 Å². The molecule has 24 heavy (non-hydrogen) atoms. The standard InChI is InChI=1S/C18H20BrN3OS/c1-13-21-15-6-2-3-7-16(15)22(13)12-11-20-18(23)8-4-5-14-9-10-17(19)24-14/h2-3,6-7,9-10H,4-5,8,11-12H2,1H3,(H,20,23). The molecule has 0 saturated heterocycles. The Morgan fingerprint density at radius 3 is 2.92 bits per heavy atom. The van der Waals surface area contributed by atoms with Crippen LogP contribution in [0.4, 0.5) is 0 Å². The molecule has 0 bridgehead atoms. The first kappa shape index (κ1) is 17.2. The predicted molar refractivity (Wildman–Crippen MR) is 102 cm³/mol. The van der Waals surface area contributed by atoms with E-state index in [0.29, 0.717) is 13.0 Å². The topological polar surface area (TPSA) is 46.9 Å². The third kappa shape index (κ3) is 4.24. The van der Waals surface area contributed by atoms with Crippen LogP contribution in [0.15, 0.2) is 40.2 Å². The van der Waals surface area contributed by atoms with Crippen molar-refractivity contribution < 1.29 is 4.79 Å². The summed E-state index contributed by atoms with van der Waals surface area (Å²) >= 11 is 5.19. The highest BCUT2D eigenvalue weighted by Crippen LogP contribution is 2.23. The number of rotatable bonds is 7. The lowest BCUT2D eigenvalue weighted by Crippen LogP contribution is -2.27. The second kappa shape index (κ2) is 7.94. The van der Waals surface area contributed by atoms with E-state index in [1.165, 1.54) is 4.88 Å². The molecule has 2 aromatic heterocycles. The van der Waals surface area contributed by atoms with Crippen LogP contribution >= 0.6 is 27.3 Å². The van der Waals surface area contributed by atoms with E-state index in [1.54, 1.807) is 11.3 Å². The second-order valence-electron chi connectivity index (χ2n) is 5.71. The van der Waals surface area contributed by atoms with Crippen LogP contribution < -0.4 is 5.32 Å². The fraction of sp³-hybridized carbons (Fsp3) is 0.333. The molecule has 0 fully saturated rings. The smallest absolute Gasteiger partial charge is 0.220 e. The van der Waals surface area contributed by atoms with Crippen molar-refractivity contribution in [1.82, 2.24) is 14.9 Å². The molecule has 1 N–H and O–H groups in total. The summed E-state index contributed by atoms with van der Waals surface area (Å²) < 4.78 is 3.29. The van der Waals surface area contributed by atoms with Crippen LogP contribution in [0.2, 0.25) is 0 Å². The van der Waals surface area contributed by atoms with E-state index in [0.717, 1.165) is 40.0 Å². The number of carbonyl (C=O) groups excluding carboxylic acids is 1. The van der Waals surface area contributed by atoms with Crippen LogP contribution in [0, 0.1) is 6.92 Å². The van der Waals surface area contributed by atoms with E-state index < -0.39 is 0 Å². The van der Waals surface area contributed by atoms with Crippen molar-refractivity contribution in [2.75, 3.05) is 6.54 Å². The summed E-state index contributed by atoms with van der Waals surface area (Å²) in [6.07, 6.45) is 2.40. The monoisotopic (exact) mass is 405 g/mol. The summed E-state index contributed by atoms with van der Waals surface area (Å²) in [4.78, 5) is 17.8. The van der Waals surface area contributed by atoms with E-state index in [-0.39, 0.29) is 5.91 Å². The highest BCUT2D eigenvalue weighted by molar-refractivity contribution is 9.11. The zero-order valence-electron chi connectivity index (χ0n) is 13.6. The molecule has 0 aliphatic rings. The molecule has 1 amide bonds. The lowest BCUT2D eigenvalue weighted by molar-refractivity contribution is -0.121. The minimum Gasteiger partial charge on any atom is -0.354 e. The van der Waals surface area contributed by atoms with Crippen molar-refractivity contribution in [3.05, 3.63) is 50.9 Å². The number of nitrogens with zero attached hydrogens (tertiary/aromatic N) is 2. The van der Waals surface area contributed by atoms with Gasteiger partial charge in [0.05, 0.1) is 14.8 Å². The van der Waals surface area contributed by atoms with Gasteiger partial charge in [0.1, 0.15) is 5.82 Å². The SMILES string of the molecule is Cc1nc2ccccc2n1CCNC(=O)CCCc1ccc(Br)s1. The summed E-state index contributed by atoms with van der Waals surface area (Å²) in [5.41, 5.74) is 2.12. The molecular formula is C18H20BrN3OS. The molecule has 126 valence electrons. The molecule has 0 unspecified atom stereocenters. The average Bonchev–Trinajstić information content (AvgIpc) is 3.11. The van der Waals surface area contributed by atoms with Gasteiger partial charge < -0.3 is 9.88 Å². The minimum atomic E-state index is 0.118. The van der Waals surface area contributed by atoms with Crippen molar-refractivity contribution in [3.63, 3.8) is 0 Å². The van der Waals surface area contributed by atoms with Crippen molar-refractivity contribution in [1.29, 1.82) is 0 Å². The maximum Gasteiger partial charge on any atom is 0.220 e. The van der Waals surface area contributed by atoms with Gasteiger partial charge >= 0.3 is 0 Å². The molecule has 4 nitrogen and oxygen atoms in total. The van der Waals surface area contributed by atoms with E-state index in [2.05, 4.69) is 49.0 Å². The number of benzene rings is 1. The molecule has 0 aliphatic heterocycles. The van der Waals surface area contributed by atoms with Gasteiger partial charge in [-0.25, -0.2) is 4.98 Å². The normalized spacial score (nSPS) is 11.1. The van der Waals surface area contributed by atoms with E-state index in [9.17, 15) is 4.79 Å². The fourth-order valence-corrected chi connectivity index (χ4v) is 4.31. The number of aromatic nitrogens is 2. The van der Waals surface area contributed by atoms with E-state index in [4.69, 9.17) is 0 Å². The maximum atomic E-state index is 12.0. The highest BCUT2D eigenvalue weighted by Gasteiger charge is 2.07. The Balaban J connectivity index is 1.44. The molecule has 0 aliphatic carbocycles. The average molecular weight is 406 g/mol. The number of thiophene rings is 1.